The molecular weight excluding hydrogens is 541 g/mol. The molecule has 182 valence electrons. The standard InChI is InChI=1S/C18H13F2O10PS3/c19-15-6-4-12(9-17(15)33(25,26)27)31(21,11-2-1-3-14(8-11)32(22,23)24)13-5-7-16(20)18(10-13)34(28,29)30/h1-10H,(H,22,23,24)(H,25,26,27)(H,28,29,30). The minimum atomic E-state index is -5.18. The Morgan fingerprint density at radius 1 is 0.588 bits per heavy atom. The Kier molecular flexibility index (Phi) is 6.60. The largest absolute Gasteiger partial charge is 0.309 e. The predicted molar refractivity (Wildman–Crippen MR) is 115 cm³/mol. The average molecular weight is 554 g/mol. The molecule has 3 N–H and O–H groups in total. The lowest BCUT2D eigenvalue weighted by Crippen LogP contribution is -2.27. The van der Waals surface area contributed by atoms with Gasteiger partial charge >= 0.3 is 0 Å². The van der Waals surface area contributed by atoms with Crippen molar-refractivity contribution in [2.75, 3.05) is 0 Å². The molecule has 0 bridgehead atoms. The molecule has 16 heteroatoms. The van der Waals surface area contributed by atoms with E-state index in [9.17, 15) is 52.3 Å². The fraction of sp³-hybridized carbons (Fsp3) is 0. The van der Waals surface area contributed by atoms with Crippen LogP contribution >= 0.6 is 7.14 Å². The van der Waals surface area contributed by atoms with Gasteiger partial charge in [-0.25, -0.2) is 8.78 Å². The van der Waals surface area contributed by atoms with Crippen LogP contribution in [0.25, 0.3) is 0 Å². The summed E-state index contributed by atoms with van der Waals surface area (Å²) in [7, 11) is -19.8. The summed E-state index contributed by atoms with van der Waals surface area (Å²) < 4.78 is 140. The van der Waals surface area contributed by atoms with E-state index in [2.05, 4.69) is 0 Å². The van der Waals surface area contributed by atoms with Crippen LogP contribution in [-0.4, -0.2) is 38.9 Å². The topological polar surface area (TPSA) is 180 Å². The quantitative estimate of drug-likeness (QED) is 0.297. The molecule has 0 saturated heterocycles. The first-order chi connectivity index (χ1) is 15.5. The van der Waals surface area contributed by atoms with Gasteiger partial charge in [-0.2, -0.15) is 25.3 Å². The zero-order chi connectivity index (χ0) is 25.7. The van der Waals surface area contributed by atoms with Crippen LogP contribution in [0.5, 0.6) is 0 Å². The molecule has 0 aliphatic carbocycles. The van der Waals surface area contributed by atoms with Crippen LogP contribution in [0.1, 0.15) is 0 Å². The van der Waals surface area contributed by atoms with Crippen molar-refractivity contribution in [1.29, 1.82) is 0 Å². The smallest absolute Gasteiger partial charge is 0.297 e. The van der Waals surface area contributed by atoms with Crippen molar-refractivity contribution in [3.05, 3.63) is 72.3 Å². The zero-order valence-electron chi connectivity index (χ0n) is 16.4. The molecule has 0 atom stereocenters. The van der Waals surface area contributed by atoms with Gasteiger partial charge in [0.25, 0.3) is 30.4 Å². The molecule has 10 nitrogen and oxygen atoms in total. The number of rotatable bonds is 6. The van der Waals surface area contributed by atoms with Crippen LogP contribution in [0.2, 0.25) is 0 Å². The third kappa shape index (κ3) is 4.95. The maximum absolute atomic E-state index is 14.4. The van der Waals surface area contributed by atoms with E-state index in [1.54, 1.807) is 0 Å². The van der Waals surface area contributed by atoms with Gasteiger partial charge in [0, 0.05) is 15.9 Å². The molecule has 3 rings (SSSR count). The molecule has 0 aliphatic heterocycles. The second-order valence-electron chi connectivity index (χ2n) is 6.76. The van der Waals surface area contributed by atoms with E-state index in [1.165, 1.54) is 0 Å². The number of hydrogen-bond acceptors (Lipinski definition) is 7. The molecule has 0 heterocycles. The molecule has 34 heavy (non-hydrogen) atoms. The van der Waals surface area contributed by atoms with Crippen molar-refractivity contribution >= 4 is 53.4 Å². The van der Waals surface area contributed by atoms with E-state index in [-0.39, 0.29) is 0 Å². The van der Waals surface area contributed by atoms with Crippen LogP contribution in [0.15, 0.2) is 75.4 Å². The van der Waals surface area contributed by atoms with Crippen molar-refractivity contribution in [1.82, 2.24) is 0 Å². The second-order valence-corrected chi connectivity index (χ2v) is 13.7. The van der Waals surface area contributed by atoms with Crippen molar-refractivity contribution < 1.29 is 52.3 Å². The molecule has 0 amide bonds. The van der Waals surface area contributed by atoms with E-state index >= 15 is 0 Å². The van der Waals surface area contributed by atoms with Gasteiger partial charge in [0.2, 0.25) is 0 Å². The van der Waals surface area contributed by atoms with Crippen LogP contribution in [0.3, 0.4) is 0 Å². The van der Waals surface area contributed by atoms with E-state index < -0.39 is 79.7 Å². The lowest BCUT2D eigenvalue weighted by atomic mass is 10.3. The highest BCUT2D eigenvalue weighted by Gasteiger charge is 2.34. The summed E-state index contributed by atoms with van der Waals surface area (Å²) in [6.45, 7) is 0. The molecule has 3 aromatic rings. The Morgan fingerprint density at radius 3 is 1.38 bits per heavy atom. The highest BCUT2D eigenvalue weighted by Crippen LogP contribution is 2.44. The third-order valence-corrected chi connectivity index (χ3v) is 10.2. The van der Waals surface area contributed by atoms with Crippen LogP contribution in [0.4, 0.5) is 8.78 Å². The Morgan fingerprint density at radius 2 is 1.00 bits per heavy atom. The second kappa shape index (κ2) is 8.61. The van der Waals surface area contributed by atoms with Crippen LogP contribution in [0, 0.1) is 11.6 Å². The summed E-state index contributed by atoms with van der Waals surface area (Å²) in [5.41, 5.74) is 0. The number of benzene rings is 3. The Hall–Kier alpha value is -2.52. The Bertz CT molecular complexity index is 1600. The maximum Gasteiger partial charge on any atom is 0.297 e. The molecule has 0 spiro atoms. The lowest BCUT2D eigenvalue weighted by molar-refractivity contribution is 0.471. The van der Waals surface area contributed by atoms with Crippen molar-refractivity contribution in [3.63, 3.8) is 0 Å². The lowest BCUT2D eigenvalue weighted by Gasteiger charge is -2.21. The molecule has 0 aromatic heterocycles. The van der Waals surface area contributed by atoms with E-state index in [0.29, 0.717) is 24.3 Å². The Labute approximate surface area is 192 Å². The first-order valence-electron chi connectivity index (χ1n) is 8.69. The molecule has 0 aliphatic rings. The normalized spacial score (nSPS) is 13.1. The molecule has 3 aromatic carbocycles. The first kappa shape index (κ1) is 26.1. The van der Waals surface area contributed by atoms with Crippen molar-refractivity contribution in [3.8, 4) is 0 Å². The van der Waals surface area contributed by atoms with Gasteiger partial charge in [-0.1, -0.05) is 12.1 Å². The van der Waals surface area contributed by atoms with E-state index in [0.717, 1.165) is 36.4 Å². The minimum absolute atomic E-state index is 0.427. The van der Waals surface area contributed by atoms with Gasteiger partial charge in [-0.05, 0) is 48.5 Å². The fourth-order valence-electron chi connectivity index (χ4n) is 3.06. The van der Waals surface area contributed by atoms with Gasteiger partial charge in [-0.15, -0.1) is 0 Å². The van der Waals surface area contributed by atoms with Gasteiger partial charge in [0.15, 0.2) is 7.14 Å². The van der Waals surface area contributed by atoms with E-state index in [4.69, 9.17) is 0 Å². The fourth-order valence-corrected chi connectivity index (χ4v) is 7.73. The average Bonchev–Trinajstić information content (AvgIpc) is 2.71. The monoisotopic (exact) mass is 554 g/mol. The van der Waals surface area contributed by atoms with Crippen molar-refractivity contribution in [2.24, 2.45) is 0 Å². The van der Waals surface area contributed by atoms with E-state index in [1.807, 2.05) is 0 Å². The predicted octanol–water partition coefficient (Wildman–Crippen LogP) is 1.34. The zero-order valence-corrected chi connectivity index (χ0v) is 19.7. The molecular formula is C18H13F2O10PS3. The third-order valence-electron chi connectivity index (χ3n) is 4.59. The Balaban J connectivity index is 2.48. The SMILES string of the molecule is O=P(c1cccc(S(=O)(=O)O)c1)(c1ccc(F)c(S(=O)(=O)O)c1)c1ccc(F)c(S(=O)(=O)O)c1. The van der Waals surface area contributed by atoms with Gasteiger partial charge < -0.3 is 4.57 Å². The van der Waals surface area contributed by atoms with Gasteiger partial charge in [-0.3, -0.25) is 13.7 Å². The summed E-state index contributed by atoms with van der Waals surface area (Å²) in [5, 5.41) is -1.51. The molecule has 0 saturated carbocycles. The highest BCUT2D eigenvalue weighted by atomic mass is 32.2. The van der Waals surface area contributed by atoms with Gasteiger partial charge in [0.1, 0.15) is 21.4 Å². The van der Waals surface area contributed by atoms with Crippen molar-refractivity contribution in [2.45, 2.75) is 14.7 Å². The molecule has 0 unspecified atom stereocenters. The molecule has 0 fully saturated rings. The van der Waals surface area contributed by atoms with Crippen LogP contribution < -0.4 is 15.9 Å². The summed E-state index contributed by atoms with van der Waals surface area (Å²) in [5.74, 6) is -2.86. The highest BCUT2D eigenvalue weighted by molar-refractivity contribution is 7.87. The summed E-state index contributed by atoms with van der Waals surface area (Å²) in [4.78, 5) is -3.35. The van der Waals surface area contributed by atoms with Crippen LogP contribution in [-0.2, 0) is 34.9 Å². The first-order valence-corrected chi connectivity index (χ1v) is 14.7. The maximum atomic E-state index is 14.4. The molecule has 0 radical (unpaired) electrons. The number of halogens is 2. The summed E-state index contributed by atoms with van der Waals surface area (Å²) in [6, 6.07) is 7.42. The summed E-state index contributed by atoms with van der Waals surface area (Å²) >= 11 is 0. The summed E-state index contributed by atoms with van der Waals surface area (Å²) in [6.07, 6.45) is 0. The number of hydrogen-bond donors (Lipinski definition) is 3. The minimum Gasteiger partial charge on any atom is -0.309 e. The van der Waals surface area contributed by atoms with Gasteiger partial charge in [0.05, 0.1) is 4.90 Å².